The first-order valence-corrected chi connectivity index (χ1v) is 4.82. The number of H-pyrrole nitrogens is 1. The highest BCUT2D eigenvalue weighted by Gasteiger charge is 2.16. The third-order valence-electron chi connectivity index (χ3n) is 2.29. The van der Waals surface area contributed by atoms with Crippen molar-refractivity contribution in [1.82, 2.24) is 9.97 Å². The third-order valence-corrected chi connectivity index (χ3v) is 2.50. The maximum Gasteiger partial charge on any atom is 0.312 e. The van der Waals surface area contributed by atoms with Gasteiger partial charge in [-0.25, -0.2) is 0 Å². The van der Waals surface area contributed by atoms with Gasteiger partial charge in [0.25, 0.3) is 0 Å². The molecule has 0 aliphatic rings. The van der Waals surface area contributed by atoms with Gasteiger partial charge in [-0.1, -0.05) is 11.6 Å². The van der Waals surface area contributed by atoms with E-state index in [2.05, 4.69) is 9.97 Å². The molecule has 4 nitrogen and oxygen atoms in total. The van der Waals surface area contributed by atoms with Gasteiger partial charge in [-0.15, -0.1) is 0 Å². The normalized spacial score (nSPS) is 12.9. The van der Waals surface area contributed by atoms with Crippen molar-refractivity contribution < 1.29 is 9.90 Å². The molecule has 2 rings (SSSR count). The Labute approximate surface area is 90.9 Å². The van der Waals surface area contributed by atoms with Crippen LogP contribution in [-0.2, 0) is 4.79 Å². The van der Waals surface area contributed by atoms with E-state index >= 15 is 0 Å². The van der Waals surface area contributed by atoms with Gasteiger partial charge >= 0.3 is 5.97 Å². The van der Waals surface area contributed by atoms with E-state index in [1.807, 2.05) is 0 Å². The van der Waals surface area contributed by atoms with Crippen LogP contribution in [0.4, 0.5) is 0 Å². The Kier molecular flexibility index (Phi) is 2.36. The van der Waals surface area contributed by atoms with E-state index in [1.54, 1.807) is 19.1 Å². The van der Waals surface area contributed by atoms with Crippen molar-refractivity contribution >= 4 is 28.6 Å². The van der Waals surface area contributed by atoms with Crippen LogP contribution >= 0.6 is 11.6 Å². The molecule has 0 bridgehead atoms. The molecule has 5 heteroatoms. The number of nitrogens with one attached hydrogen (secondary N) is 1. The molecule has 15 heavy (non-hydrogen) atoms. The fraction of sp³-hybridized carbons (Fsp3) is 0.200. The van der Waals surface area contributed by atoms with Crippen LogP contribution in [0.15, 0.2) is 18.3 Å². The van der Waals surface area contributed by atoms with Gasteiger partial charge in [0.05, 0.1) is 22.0 Å². The van der Waals surface area contributed by atoms with Crippen LogP contribution in [0.25, 0.3) is 11.0 Å². The number of pyridine rings is 1. The van der Waals surface area contributed by atoms with E-state index in [0.717, 1.165) is 11.0 Å². The molecule has 0 aliphatic carbocycles. The number of aromatic amines is 1. The molecule has 0 saturated carbocycles. The second kappa shape index (κ2) is 3.55. The zero-order chi connectivity index (χ0) is 11.0. The summed E-state index contributed by atoms with van der Waals surface area (Å²) in [5.41, 5.74) is 2.11. The second-order valence-corrected chi connectivity index (χ2v) is 3.81. The number of nitrogens with zero attached hydrogens (tertiary/aromatic N) is 1. The highest BCUT2D eigenvalue weighted by Crippen LogP contribution is 2.22. The van der Waals surface area contributed by atoms with E-state index < -0.39 is 11.9 Å². The highest BCUT2D eigenvalue weighted by atomic mass is 35.5. The first-order chi connectivity index (χ1) is 7.08. The number of carboxylic acids is 1. The fourth-order valence-corrected chi connectivity index (χ4v) is 1.53. The predicted molar refractivity (Wildman–Crippen MR) is 57.2 cm³/mol. The molecule has 1 atom stereocenters. The molecule has 2 N–H and O–H groups in total. The molecule has 0 radical (unpaired) electrons. The summed E-state index contributed by atoms with van der Waals surface area (Å²) in [7, 11) is 0. The molecular weight excluding hydrogens is 216 g/mol. The van der Waals surface area contributed by atoms with E-state index in [4.69, 9.17) is 16.7 Å². The number of halogens is 1. The summed E-state index contributed by atoms with van der Waals surface area (Å²) in [5, 5.41) is 9.38. The maximum absolute atomic E-state index is 10.8. The molecule has 2 aromatic heterocycles. The number of hydrogen-bond donors (Lipinski definition) is 2. The lowest BCUT2D eigenvalue weighted by Crippen LogP contribution is -2.07. The first-order valence-electron chi connectivity index (χ1n) is 4.45. The van der Waals surface area contributed by atoms with Gasteiger partial charge in [-0.2, -0.15) is 0 Å². The minimum absolute atomic E-state index is 0.527. The monoisotopic (exact) mass is 224 g/mol. The fourth-order valence-electron chi connectivity index (χ4n) is 1.37. The lowest BCUT2D eigenvalue weighted by Gasteiger charge is -2.00. The lowest BCUT2D eigenvalue weighted by atomic mass is 10.1. The maximum atomic E-state index is 10.8. The molecule has 0 aromatic carbocycles. The summed E-state index contributed by atoms with van der Waals surface area (Å²) >= 11 is 5.77. The van der Waals surface area contributed by atoms with Gasteiger partial charge < -0.3 is 10.1 Å². The standard InChI is InChI=1S/C10H9ClN2O2/c1-5(10(14)15)7-3-8-9(13-7)2-6(11)4-12-8/h2-5,13H,1H3,(H,14,15). The van der Waals surface area contributed by atoms with E-state index in [0.29, 0.717) is 10.7 Å². The van der Waals surface area contributed by atoms with Crippen LogP contribution in [0.2, 0.25) is 5.02 Å². The van der Waals surface area contributed by atoms with Gasteiger partial charge in [0.15, 0.2) is 0 Å². The Hall–Kier alpha value is -1.55. The Morgan fingerprint density at radius 1 is 1.60 bits per heavy atom. The van der Waals surface area contributed by atoms with Crippen molar-refractivity contribution in [3.63, 3.8) is 0 Å². The Morgan fingerprint density at radius 2 is 2.33 bits per heavy atom. The molecular formula is C10H9ClN2O2. The largest absolute Gasteiger partial charge is 0.481 e. The number of rotatable bonds is 2. The lowest BCUT2D eigenvalue weighted by molar-refractivity contribution is -0.138. The predicted octanol–water partition coefficient (Wildman–Crippen LogP) is 2.40. The molecule has 0 fully saturated rings. The first kappa shape index (κ1) is 9.98. The molecule has 0 aliphatic heterocycles. The average molecular weight is 225 g/mol. The number of aliphatic carboxylic acids is 1. The molecule has 0 saturated heterocycles. The van der Waals surface area contributed by atoms with E-state index in [9.17, 15) is 4.79 Å². The van der Waals surface area contributed by atoms with Crippen LogP contribution in [0.1, 0.15) is 18.5 Å². The Bertz CT molecular complexity index is 521. The van der Waals surface area contributed by atoms with Crippen molar-refractivity contribution in [2.45, 2.75) is 12.8 Å². The quantitative estimate of drug-likeness (QED) is 0.823. The van der Waals surface area contributed by atoms with Crippen molar-refractivity contribution in [3.8, 4) is 0 Å². The second-order valence-electron chi connectivity index (χ2n) is 3.37. The van der Waals surface area contributed by atoms with Gasteiger partial charge in [0, 0.05) is 11.9 Å². The average Bonchev–Trinajstić information content (AvgIpc) is 2.58. The summed E-state index contributed by atoms with van der Waals surface area (Å²) in [4.78, 5) is 17.9. The van der Waals surface area contributed by atoms with Crippen LogP contribution in [0.3, 0.4) is 0 Å². The number of carboxylic acid groups (broad SMARTS) is 1. The van der Waals surface area contributed by atoms with E-state index in [1.165, 1.54) is 6.20 Å². The molecule has 0 spiro atoms. The van der Waals surface area contributed by atoms with Crippen LogP contribution < -0.4 is 0 Å². The zero-order valence-electron chi connectivity index (χ0n) is 7.99. The number of fused-ring (bicyclic) bond motifs is 1. The SMILES string of the molecule is CC(C(=O)O)c1cc2ncc(Cl)cc2[nH]1. The molecule has 0 amide bonds. The molecule has 2 aromatic rings. The Morgan fingerprint density at radius 3 is 3.00 bits per heavy atom. The summed E-state index contributed by atoms with van der Waals surface area (Å²) in [6.45, 7) is 1.62. The summed E-state index contributed by atoms with van der Waals surface area (Å²) in [6.07, 6.45) is 1.53. The summed E-state index contributed by atoms with van der Waals surface area (Å²) in [6, 6.07) is 3.45. The smallest absolute Gasteiger partial charge is 0.312 e. The molecule has 78 valence electrons. The number of aromatic nitrogens is 2. The van der Waals surface area contributed by atoms with Gasteiger partial charge in [-0.05, 0) is 19.1 Å². The van der Waals surface area contributed by atoms with E-state index in [-0.39, 0.29) is 0 Å². The van der Waals surface area contributed by atoms with Crippen molar-refractivity contribution in [1.29, 1.82) is 0 Å². The van der Waals surface area contributed by atoms with Gasteiger partial charge in [0.2, 0.25) is 0 Å². The number of carbonyl (C=O) groups is 1. The highest BCUT2D eigenvalue weighted by molar-refractivity contribution is 6.31. The third kappa shape index (κ3) is 1.80. The molecule has 2 heterocycles. The van der Waals surface area contributed by atoms with Crippen molar-refractivity contribution in [3.05, 3.63) is 29.0 Å². The van der Waals surface area contributed by atoms with Crippen LogP contribution in [0, 0.1) is 0 Å². The minimum Gasteiger partial charge on any atom is -0.481 e. The minimum atomic E-state index is -0.868. The van der Waals surface area contributed by atoms with Gasteiger partial charge in [0.1, 0.15) is 0 Å². The topological polar surface area (TPSA) is 66.0 Å². The van der Waals surface area contributed by atoms with Crippen molar-refractivity contribution in [2.75, 3.05) is 0 Å². The summed E-state index contributed by atoms with van der Waals surface area (Å²) < 4.78 is 0. The number of hydrogen-bond acceptors (Lipinski definition) is 2. The van der Waals surface area contributed by atoms with Crippen molar-refractivity contribution in [2.24, 2.45) is 0 Å². The van der Waals surface area contributed by atoms with Gasteiger partial charge in [-0.3, -0.25) is 9.78 Å². The Balaban J connectivity index is 2.51. The summed E-state index contributed by atoms with van der Waals surface area (Å²) in [5.74, 6) is -1.44. The zero-order valence-corrected chi connectivity index (χ0v) is 8.75. The van der Waals surface area contributed by atoms with Crippen LogP contribution in [0.5, 0.6) is 0 Å². The molecule has 1 unspecified atom stereocenters. The van der Waals surface area contributed by atoms with Crippen LogP contribution in [-0.4, -0.2) is 21.0 Å².